The zero-order valence-electron chi connectivity index (χ0n) is 16.6. The Morgan fingerprint density at radius 2 is 1.75 bits per heavy atom. The molecule has 4 saturated carbocycles. The van der Waals surface area contributed by atoms with Gasteiger partial charge < -0.3 is 5.32 Å². The largest absolute Gasteiger partial charge is 0.352 e. The van der Waals surface area contributed by atoms with Crippen molar-refractivity contribution in [3.63, 3.8) is 0 Å². The van der Waals surface area contributed by atoms with Crippen LogP contribution in [0.3, 0.4) is 0 Å². The first-order valence-electron chi connectivity index (χ1n) is 10.1. The van der Waals surface area contributed by atoms with Crippen molar-refractivity contribution in [2.75, 3.05) is 14.1 Å². The molecule has 0 aromatic heterocycles. The van der Waals surface area contributed by atoms with Gasteiger partial charge in [0, 0.05) is 31.4 Å². The molecule has 28 heavy (non-hydrogen) atoms. The lowest BCUT2D eigenvalue weighted by Gasteiger charge is -2.60. The number of amides is 1. The fourth-order valence-electron chi connectivity index (χ4n) is 6.14. The fourth-order valence-corrected chi connectivity index (χ4v) is 8.55. The number of sulfonamides is 1. The van der Waals surface area contributed by atoms with Crippen molar-refractivity contribution in [1.82, 2.24) is 9.62 Å². The van der Waals surface area contributed by atoms with Crippen LogP contribution in [0, 0.1) is 17.3 Å². The molecule has 0 radical (unpaired) electrons. The maximum Gasteiger partial charge on any atom is 0.242 e. The Hall–Kier alpha value is -0.920. The van der Waals surface area contributed by atoms with Crippen LogP contribution >= 0.6 is 15.9 Å². The molecule has 0 heterocycles. The minimum atomic E-state index is -3.42. The van der Waals surface area contributed by atoms with Gasteiger partial charge in [-0.2, -0.15) is 0 Å². The maximum absolute atomic E-state index is 12.7. The number of halogens is 1. The predicted molar refractivity (Wildman–Crippen MR) is 113 cm³/mol. The molecule has 7 heteroatoms. The molecular formula is C21H29BrN2O3S. The van der Waals surface area contributed by atoms with E-state index in [2.05, 4.69) is 21.2 Å². The second kappa shape index (κ2) is 7.10. The van der Waals surface area contributed by atoms with Crippen LogP contribution in [0.25, 0.3) is 0 Å². The number of nitrogens with one attached hydrogen (secondary N) is 1. The van der Waals surface area contributed by atoms with Crippen molar-refractivity contribution in [3.05, 3.63) is 29.8 Å². The van der Waals surface area contributed by atoms with Gasteiger partial charge in [0.2, 0.25) is 15.9 Å². The van der Waals surface area contributed by atoms with Gasteiger partial charge in [0.15, 0.2) is 0 Å². The highest BCUT2D eigenvalue weighted by Gasteiger charge is 2.57. The molecule has 1 amide bonds. The summed E-state index contributed by atoms with van der Waals surface area (Å²) in [5.74, 6) is 1.67. The lowest BCUT2D eigenvalue weighted by Crippen LogP contribution is -2.54. The van der Waals surface area contributed by atoms with E-state index in [0.29, 0.717) is 13.0 Å². The molecule has 1 aromatic rings. The van der Waals surface area contributed by atoms with E-state index in [0.717, 1.165) is 23.8 Å². The summed E-state index contributed by atoms with van der Waals surface area (Å²) in [6, 6.07) is 6.75. The first-order valence-corrected chi connectivity index (χ1v) is 12.3. The van der Waals surface area contributed by atoms with E-state index >= 15 is 0 Å². The van der Waals surface area contributed by atoms with Gasteiger partial charge in [0.25, 0.3) is 0 Å². The summed E-state index contributed by atoms with van der Waals surface area (Å²) in [4.78, 5) is 13.0. The Morgan fingerprint density at radius 1 is 1.14 bits per heavy atom. The van der Waals surface area contributed by atoms with E-state index in [9.17, 15) is 13.2 Å². The predicted octanol–water partition coefficient (Wildman–Crippen LogP) is 3.68. The Kier molecular flexibility index (Phi) is 5.16. The van der Waals surface area contributed by atoms with Crippen LogP contribution < -0.4 is 5.32 Å². The number of carbonyl (C=O) groups is 1. The molecule has 5 rings (SSSR count). The fraction of sp³-hybridized carbons (Fsp3) is 0.667. The molecule has 154 valence electrons. The molecule has 4 fully saturated rings. The number of hydrogen-bond acceptors (Lipinski definition) is 3. The lowest BCUT2D eigenvalue weighted by molar-refractivity contribution is -0.128. The van der Waals surface area contributed by atoms with Crippen LogP contribution in [0.4, 0.5) is 0 Å². The van der Waals surface area contributed by atoms with Gasteiger partial charge in [-0.05, 0) is 73.5 Å². The summed E-state index contributed by atoms with van der Waals surface area (Å²) < 4.78 is 25.7. The summed E-state index contributed by atoms with van der Waals surface area (Å²) in [6.45, 7) is 0.434. The highest BCUT2D eigenvalue weighted by molar-refractivity contribution is 9.10. The average Bonchev–Trinajstić information content (AvgIpc) is 2.57. The molecule has 0 saturated heterocycles. The Balaban J connectivity index is 1.35. The second-order valence-electron chi connectivity index (χ2n) is 9.50. The van der Waals surface area contributed by atoms with Gasteiger partial charge in [-0.15, -0.1) is 0 Å². The normalized spacial score (nSPS) is 34.0. The third-order valence-electron chi connectivity index (χ3n) is 6.84. The number of carbonyl (C=O) groups excluding carboxylic acids is 1. The smallest absolute Gasteiger partial charge is 0.242 e. The molecule has 1 aromatic carbocycles. The van der Waals surface area contributed by atoms with Crippen LogP contribution in [0.5, 0.6) is 0 Å². The topological polar surface area (TPSA) is 66.5 Å². The second-order valence-corrected chi connectivity index (χ2v) is 13.3. The molecule has 0 spiro atoms. The number of alkyl halides is 1. The van der Waals surface area contributed by atoms with Gasteiger partial charge in [-0.25, -0.2) is 12.7 Å². The van der Waals surface area contributed by atoms with E-state index in [1.54, 1.807) is 24.3 Å². The monoisotopic (exact) mass is 468 g/mol. The summed E-state index contributed by atoms with van der Waals surface area (Å²) in [5.41, 5.74) is 1.08. The van der Waals surface area contributed by atoms with Crippen molar-refractivity contribution >= 4 is 31.9 Å². The quantitative estimate of drug-likeness (QED) is 0.647. The van der Waals surface area contributed by atoms with Gasteiger partial charge in [0.1, 0.15) is 0 Å². The third-order valence-corrected chi connectivity index (χ3v) is 9.60. The van der Waals surface area contributed by atoms with Crippen molar-refractivity contribution in [2.24, 2.45) is 17.3 Å². The summed E-state index contributed by atoms with van der Waals surface area (Å²) >= 11 is 4.01. The first-order chi connectivity index (χ1) is 13.1. The molecule has 5 nitrogen and oxygen atoms in total. The van der Waals surface area contributed by atoms with Gasteiger partial charge >= 0.3 is 0 Å². The van der Waals surface area contributed by atoms with Crippen LogP contribution in [0.2, 0.25) is 0 Å². The Morgan fingerprint density at radius 3 is 2.29 bits per heavy atom. The van der Waals surface area contributed by atoms with Crippen LogP contribution in [-0.2, 0) is 21.4 Å². The summed E-state index contributed by atoms with van der Waals surface area (Å²) in [6.07, 6.45) is 8.02. The molecule has 2 unspecified atom stereocenters. The third kappa shape index (κ3) is 3.90. The number of nitrogens with zero attached hydrogens (tertiary/aromatic N) is 1. The van der Waals surface area contributed by atoms with Crippen LogP contribution in [-0.4, -0.2) is 37.0 Å². The molecule has 4 bridgehead atoms. The molecule has 2 atom stereocenters. The number of rotatable bonds is 6. The summed E-state index contributed by atoms with van der Waals surface area (Å²) in [7, 11) is -0.382. The van der Waals surface area contributed by atoms with E-state index in [1.165, 1.54) is 50.5 Å². The minimum absolute atomic E-state index is 0.114. The molecule has 4 aliphatic carbocycles. The van der Waals surface area contributed by atoms with E-state index < -0.39 is 10.0 Å². The van der Waals surface area contributed by atoms with E-state index in [4.69, 9.17) is 0 Å². The van der Waals surface area contributed by atoms with Crippen molar-refractivity contribution < 1.29 is 13.2 Å². The number of hydrogen-bond donors (Lipinski definition) is 1. The Bertz CT molecular complexity index is 852. The average molecular weight is 469 g/mol. The Labute approximate surface area is 176 Å². The van der Waals surface area contributed by atoms with Crippen molar-refractivity contribution in [3.8, 4) is 0 Å². The molecular weight excluding hydrogens is 440 g/mol. The zero-order chi connectivity index (χ0) is 20.2. The maximum atomic E-state index is 12.7. The van der Waals surface area contributed by atoms with Gasteiger partial charge in [0.05, 0.1) is 4.90 Å². The van der Waals surface area contributed by atoms with E-state index in [-0.39, 0.29) is 20.5 Å². The molecule has 0 aliphatic heterocycles. The van der Waals surface area contributed by atoms with Crippen molar-refractivity contribution in [2.45, 2.75) is 60.7 Å². The molecule has 1 N–H and O–H groups in total. The highest BCUT2D eigenvalue weighted by Crippen LogP contribution is 2.65. The van der Waals surface area contributed by atoms with Gasteiger partial charge in [-0.3, -0.25) is 4.79 Å². The van der Waals surface area contributed by atoms with Gasteiger partial charge in [-0.1, -0.05) is 28.1 Å². The lowest BCUT2D eigenvalue weighted by atomic mass is 9.48. The van der Waals surface area contributed by atoms with Crippen molar-refractivity contribution in [1.29, 1.82) is 0 Å². The summed E-state index contributed by atoms with van der Waals surface area (Å²) in [5, 5.41) is 3.05. The standard InChI is InChI=1S/C21H29BrN2O3S/c1-24(2)28(26,27)18-5-3-15(4-6-18)13-23-19(25)12-20-8-16-7-17(9-20)11-21(22,10-16)14-20/h3-6,16-17H,7-14H2,1-2H3,(H,23,25). The minimum Gasteiger partial charge on any atom is -0.352 e. The van der Waals surface area contributed by atoms with E-state index in [1.807, 2.05) is 0 Å². The zero-order valence-corrected chi connectivity index (χ0v) is 19.0. The highest BCUT2D eigenvalue weighted by atomic mass is 79.9. The van der Waals surface area contributed by atoms with Crippen LogP contribution in [0.1, 0.15) is 50.5 Å². The molecule has 4 aliphatic rings. The van der Waals surface area contributed by atoms with Crippen LogP contribution in [0.15, 0.2) is 29.2 Å². The first kappa shape index (κ1) is 20.4. The number of benzene rings is 1. The SMILES string of the molecule is CN(C)S(=O)(=O)c1ccc(CNC(=O)CC23CC4CC(CC(Br)(C4)C2)C3)cc1.